The highest BCUT2D eigenvalue weighted by Gasteiger charge is 2.30. The summed E-state index contributed by atoms with van der Waals surface area (Å²) in [6.07, 6.45) is 6.88. The van der Waals surface area contributed by atoms with Crippen LogP contribution >= 0.6 is 11.3 Å². The van der Waals surface area contributed by atoms with Crippen molar-refractivity contribution in [2.24, 2.45) is 4.99 Å². The van der Waals surface area contributed by atoms with Gasteiger partial charge in [0.15, 0.2) is 4.80 Å². The molecule has 2 aromatic carbocycles. The van der Waals surface area contributed by atoms with Crippen LogP contribution in [0.1, 0.15) is 35.7 Å². The summed E-state index contributed by atoms with van der Waals surface area (Å²) in [5.41, 5.74) is 2.99. The molecule has 1 aliphatic heterocycles. The van der Waals surface area contributed by atoms with Crippen LogP contribution in [0.3, 0.4) is 0 Å². The van der Waals surface area contributed by atoms with E-state index in [-0.39, 0.29) is 24.7 Å². The fourth-order valence-corrected chi connectivity index (χ4v) is 4.53. The fourth-order valence-electron chi connectivity index (χ4n) is 3.44. The first-order valence-electron chi connectivity index (χ1n) is 9.62. The summed E-state index contributed by atoms with van der Waals surface area (Å²) >= 11 is 1.42. The van der Waals surface area contributed by atoms with E-state index in [1.807, 2.05) is 16.7 Å². The van der Waals surface area contributed by atoms with E-state index in [0.717, 1.165) is 21.5 Å². The maximum atomic E-state index is 12.8. The molecule has 150 valence electrons. The number of nitrogens with zero attached hydrogens (tertiary/aromatic N) is 3. The summed E-state index contributed by atoms with van der Waals surface area (Å²) in [6, 6.07) is 12.5. The van der Waals surface area contributed by atoms with Crippen molar-refractivity contribution < 1.29 is 14.4 Å². The maximum absolute atomic E-state index is 12.8. The summed E-state index contributed by atoms with van der Waals surface area (Å²) in [6.45, 7) is 2.40. The smallest absolute Gasteiger partial charge is 0.279 e. The lowest BCUT2D eigenvalue weighted by atomic mass is 10.2. The molecule has 1 fully saturated rings. The van der Waals surface area contributed by atoms with Gasteiger partial charge in [0.05, 0.1) is 22.4 Å². The minimum atomic E-state index is -0.409. The zero-order valence-electron chi connectivity index (χ0n) is 16.4. The number of carbonyl (C=O) groups is 3. The lowest BCUT2D eigenvalue weighted by Crippen LogP contribution is -2.28. The zero-order valence-corrected chi connectivity index (χ0v) is 17.2. The van der Waals surface area contributed by atoms with E-state index in [1.54, 1.807) is 24.3 Å². The second kappa shape index (κ2) is 8.09. The van der Waals surface area contributed by atoms with Crippen molar-refractivity contribution in [2.75, 3.05) is 4.90 Å². The highest BCUT2D eigenvalue weighted by atomic mass is 32.1. The molecule has 3 aromatic rings. The lowest BCUT2D eigenvalue weighted by molar-refractivity contribution is -0.121. The summed E-state index contributed by atoms with van der Waals surface area (Å²) in [7, 11) is 0. The lowest BCUT2D eigenvalue weighted by Gasteiger charge is -2.13. The second-order valence-corrected chi connectivity index (χ2v) is 7.93. The Morgan fingerprint density at radius 3 is 2.47 bits per heavy atom. The van der Waals surface area contributed by atoms with Crippen LogP contribution < -0.4 is 9.70 Å². The molecule has 0 saturated carbocycles. The van der Waals surface area contributed by atoms with E-state index < -0.39 is 5.91 Å². The molecule has 0 bridgehead atoms. The summed E-state index contributed by atoms with van der Waals surface area (Å²) in [5, 5.41) is 0. The number of aromatic nitrogens is 1. The number of hydrogen-bond acceptors (Lipinski definition) is 4. The number of fused-ring (bicyclic) bond motifs is 1. The monoisotopic (exact) mass is 417 g/mol. The minimum Gasteiger partial charge on any atom is -0.305 e. The molecule has 4 rings (SSSR count). The van der Waals surface area contributed by atoms with Crippen LogP contribution in [0.5, 0.6) is 0 Å². The number of anilines is 1. The van der Waals surface area contributed by atoms with Crippen molar-refractivity contribution in [2.45, 2.75) is 32.7 Å². The minimum absolute atomic E-state index is 0.218. The topological polar surface area (TPSA) is 71.7 Å². The predicted octanol–water partition coefficient (Wildman–Crippen LogP) is 3.29. The Labute approximate surface area is 177 Å². The predicted molar refractivity (Wildman–Crippen MR) is 116 cm³/mol. The molecule has 30 heavy (non-hydrogen) atoms. The molecule has 3 amide bonds. The quantitative estimate of drug-likeness (QED) is 0.483. The molecule has 0 N–H and O–H groups in total. The van der Waals surface area contributed by atoms with E-state index in [2.05, 4.69) is 23.9 Å². The molecule has 0 atom stereocenters. The highest BCUT2D eigenvalue weighted by molar-refractivity contribution is 7.16. The van der Waals surface area contributed by atoms with Crippen molar-refractivity contribution >= 4 is 45.0 Å². The van der Waals surface area contributed by atoms with Gasteiger partial charge in [0, 0.05) is 18.4 Å². The van der Waals surface area contributed by atoms with Gasteiger partial charge < -0.3 is 4.57 Å². The van der Waals surface area contributed by atoms with E-state index in [0.29, 0.717) is 22.6 Å². The Bertz CT molecular complexity index is 1260. The third-order valence-corrected chi connectivity index (χ3v) is 6.07. The molecular formula is C23H19N3O3S. The molecule has 0 radical (unpaired) electrons. The van der Waals surface area contributed by atoms with E-state index in [1.165, 1.54) is 16.9 Å². The maximum Gasteiger partial charge on any atom is 0.279 e. The first-order chi connectivity index (χ1) is 14.5. The van der Waals surface area contributed by atoms with Crippen molar-refractivity contribution in [3.63, 3.8) is 0 Å². The van der Waals surface area contributed by atoms with Crippen LogP contribution in [-0.4, -0.2) is 22.3 Å². The van der Waals surface area contributed by atoms with E-state index in [9.17, 15) is 14.4 Å². The van der Waals surface area contributed by atoms with Crippen molar-refractivity contribution in [1.29, 1.82) is 0 Å². The van der Waals surface area contributed by atoms with E-state index in [4.69, 9.17) is 6.42 Å². The summed E-state index contributed by atoms with van der Waals surface area (Å²) in [4.78, 5) is 42.5. The Balaban J connectivity index is 1.69. The van der Waals surface area contributed by atoms with Gasteiger partial charge in [-0.15, -0.1) is 6.42 Å². The molecule has 0 unspecified atom stereocenters. The number of aryl methyl sites for hydroxylation is 1. The number of imide groups is 1. The van der Waals surface area contributed by atoms with Gasteiger partial charge in [-0.1, -0.05) is 30.2 Å². The molecule has 6 nitrogen and oxygen atoms in total. The van der Waals surface area contributed by atoms with Crippen LogP contribution in [0.4, 0.5) is 5.69 Å². The molecule has 2 heterocycles. The molecule has 1 aliphatic rings. The first kappa shape index (κ1) is 19.8. The Morgan fingerprint density at radius 1 is 1.13 bits per heavy atom. The van der Waals surface area contributed by atoms with Gasteiger partial charge in [-0.05, 0) is 48.4 Å². The van der Waals surface area contributed by atoms with Gasteiger partial charge in [0.1, 0.15) is 0 Å². The van der Waals surface area contributed by atoms with Gasteiger partial charge in [0.2, 0.25) is 11.8 Å². The summed E-state index contributed by atoms with van der Waals surface area (Å²) < 4.78 is 2.88. The summed E-state index contributed by atoms with van der Waals surface area (Å²) in [5.74, 6) is 1.76. The molecule has 1 aromatic heterocycles. The van der Waals surface area contributed by atoms with Crippen molar-refractivity contribution in [3.05, 3.63) is 58.4 Å². The average molecular weight is 417 g/mol. The van der Waals surface area contributed by atoms with Gasteiger partial charge in [-0.3, -0.25) is 19.3 Å². The first-order valence-corrected chi connectivity index (χ1v) is 10.4. The average Bonchev–Trinajstić information content (AvgIpc) is 3.27. The Morgan fingerprint density at radius 2 is 1.83 bits per heavy atom. The number of amides is 3. The van der Waals surface area contributed by atoms with Gasteiger partial charge >= 0.3 is 0 Å². The normalized spacial score (nSPS) is 14.5. The SMILES string of the molecule is C#CCn1c(=NC(=O)c2ccc(N3C(=O)CCC3=O)cc2)sc2cc(CC)ccc21. The molecule has 1 saturated heterocycles. The number of benzene rings is 2. The fraction of sp³-hybridized carbons (Fsp3) is 0.217. The van der Waals surface area contributed by atoms with Crippen LogP contribution in [0.25, 0.3) is 10.2 Å². The van der Waals surface area contributed by atoms with Gasteiger partial charge in [0.25, 0.3) is 5.91 Å². The zero-order chi connectivity index (χ0) is 21.3. The van der Waals surface area contributed by atoms with Crippen LogP contribution in [0.2, 0.25) is 0 Å². The third kappa shape index (κ3) is 3.58. The molecule has 0 spiro atoms. The van der Waals surface area contributed by atoms with E-state index >= 15 is 0 Å². The second-order valence-electron chi connectivity index (χ2n) is 6.92. The van der Waals surface area contributed by atoms with Crippen LogP contribution in [-0.2, 0) is 22.6 Å². The molecule has 0 aliphatic carbocycles. The highest BCUT2D eigenvalue weighted by Crippen LogP contribution is 2.23. The van der Waals surface area contributed by atoms with Gasteiger partial charge in [-0.2, -0.15) is 4.99 Å². The molecular weight excluding hydrogens is 398 g/mol. The third-order valence-electron chi connectivity index (χ3n) is 5.03. The van der Waals surface area contributed by atoms with Crippen LogP contribution in [0, 0.1) is 12.3 Å². The largest absolute Gasteiger partial charge is 0.305 e. The number of rotatable bonds is 4. The number of carbonyl (C=O) groups excluding carboxylic acids is 3. The number of thiazole rings is 1. The molecule has 7 heteroatoms. The Kier molecular flexibility index (Phi) is 5.34. The standard InChI is InChI=1S/C23H19N3O3S/c1-3-13-25-18-10-5-15(4-2)14-19(18)30-23(25)24-22(29)16-6-8-17(9-7-16)26-20(27)11-12-21(26)28/h1,5-10,14H,4,11-13H2,2H3. The number of hydrogen-bond donors (Lipinski definition) is 0. The van der Waals surface area contributed by atoms with Gasteiger partial charge in [-0.25, -0.2) is 0 Å². The van der Waals surface area contributed by atoms with Crippen LogP contribution in [0.15, 0.2) is 47.5 Å². The van der Waals surface area contributed by atoms with Crippen molar-refractivity contribution in [1.82, 2.24) is 4.57 Å². The Hall–Kier alpha value is -3.50. The number of terminal acetylenes is 1. The van der Waals surface area contributed by atoms with Crippen molar-refractivity contribution in [3.8, 4) is 12.3 Å².